The number of carbonyl (C=O) groups is 2. The lowest BCUT2D eigenvalue weighted by atomic mass is 10.1. The summed E-state index contributed by atoms with van der Waals surface area (Å²) in [7, 11) is 0. The predicted octanol–water partition coefficient (Wildman–Crippen LogP) is 1.17. The lowest BCUT2D eigenvalue weighted by Crippen LogP contribution is -2.48. The molecule has 166 valence electrons. The van der Waals surface area contributed by atoms with Crippen molar-refractivity contribution >= 4 is 18.0 Å². The number of hydroxylamine groups is 1. The summed E-state index contributed by atoms with van der Waals surface area (Å²) in [5, 5.41) is 23.2. The molecular weight excluding hydrogens is 396 g/mol. The second-order valence-corrected chi connectivity index (χ2v) is 7.31. The number of carbonyl (C=O) groups excluding carboxylic acids is 2. The molecule has 30 heavy (non-hydrogen) atoms. The van der Waals surface area contributed by atoms with Crippen LogP contribution in [-0.4, -0.2) is 51.6 Å². The molecule has 0 radical (unpaired) electrons. The summed E-state index contributed by atoms with van der Waals surface area (Å²) in [5.74, 6) is -1.11. The maximum absolute atomic E-state index is 12.6. The van der Waals surface area contributed by atoms with Gasteiger partial charge in [0.2, 0.25) is 5.91 Å². The maximum atomic E-state index is 12.6. The quantitative estimate of drug-likeness (QED) is 0.150. The van der Waals surface area contributed by atoms with Crippen molar-refractivity contribution in [1.82, 2.24) is 15.8 Å². The van der Waals surface area contributed by atoms with Crippen LogP contribution in [0.25, 0.3) is 0 Å². The van der Waals surface area contributed by atoms with Crippen LogP contribution in [0, 0.1) is 10.1 Å². The second-order valence-electron chi connectivity index (χ2n) is 7.31. The number of nitrogens with two attached hydrogens (primary N) is 1. The molecule has 1 atom stereocenters. The van der Waals surface area contributed by atoms with Crippen LogP contribution in [-0.2, 0) is 16.1 Å². The molecule has 0 heterocycles. The highest BCUT2D eigenvalue weighted by molar-refractivity contribution is 5.85. The number of nitrogens with zero attached hydrogens (tertiary/aromatic N) is 3. The Morgan fingerprint density at radius 1 is 1.33 bits per heavy atom. The Morgan fingerprint density at radius 3 is 2.53 bits per heavy atom. The third-order valence-electron chi connectivity index (χ3n) is 3.60. The lowest BCUT2D eigenvalue weighted by molar-refractivity contribution is -0.699. The van der Waals surface area contributed by atoms with Gasteiger partial charge < -0.3 is 21.1 Å². The van der Waals surface area contributed by atoms with Crippen LogP contribution in [0.3, 0.4) is 0 Å². The van der Waals surface area contributed by atoms with Crippen molar-refractivity contribution in [2.24, 2.45) is 10.7 Å². The fourth-order valence-electron chi connectivity index (χ4n) is 2.26. The summed E-state index contributed by atoms with van der Waals surface area (Å²) in [6, 6.07) is 8.33. The fraction of sp³-hybridized carbons (Fsp3) is 0.500. The molecular formula is C18H28N6O6. The number of aliphatic imine (C=N–C) groups is 1. The molecule has 0 spiro atoms. The van der Waals surface area contributed by atoms with Gasteiger partial charge >= 0.3 is 6.09 Å². The van der Waals surface area contributed by atoms with Crippen molar-refractivity contribution in [2.45, 2.75) is 51.8 Å². The van der Waals surface area contributed by atoms with E-state index in [1.54, 1.807) is 20.8 Å². The predicted molar refractivity (Wildman–Crippen MR) is 108 cm³/mol. The maximum Gasteiger partial charge on any atom is 0.408 e. The van der Waals surface area contributed by atoms with Gasteiger partial charge in [0.05, 0.1) is 5.17 Å². The van der Waals surface area contributed by atoms with E-state index in [0.29, 0.717) is 0 Å². The smallest absolute Gasteiger partial charge is 0.408 e. The number of rotatable bonds is 9. The molecule has 5 N–H and O–H groups in total. The van der Waals surface area contributed by atoms with E-state index in [2.05, 4.69) is 15.6 Å². The molecule has 0 aliphatic carbocycles. The van der Waals surface area contributed by atoms with Crippen LogP contribution in [0.15, 0.2) is 35.3 Å². The lowest BCUT2D eigenvalue weighted by Gasteiger charge is -2.23. The Morgan fingerprint density at radius 2 is 1.97 bits per heavy atom. The molecule has 1 aromatic carbocycles. The molecule has 0 aromatic heterocycles. The fourth-order valence-corrected chi connectivity index (χ4v) is 2.26. The Hall–Kier alpha value is -3.41. The third-order valence-corrected chi connectivity index (χ3v) is 3.60. The van der Waals surface area contributed by atoms with Gasteiger partial charge in [-0.3, -0.25) is 4.79 Å². The molecule has 0 aliphatic heterocycles. The van der Waals surface area contributed by atoms with E-state index in [-0.39, 0.29) is 25.9 Å². The van der Waals surface area contributed by atoms with Gasteiger partial charge in [0.25, 0.3) is 5.96 Å². The molecule has 0 saturated carbocycles. The van der Waals surface area contributed by atoms with Crippen molar-refractivity contribution in [3.8, 4) is 0 Å². The topological polar surface area (TPSA) is 172 Å². The molecule has 2 amide bonds. The van der Waals surface area contributed by atoms with E-state index in [1.165, 1.54) is 0 Å². The molecule has 0 aliphatic rings. The summed E-state index contributed by atoms with van der Waals surface area (Å²) in [6.45, 7) is 5.37. The van der Waals surface area contributed by atoms with E-state index in [9.17, 15) is 19.7 Å². The largest absolute Gasteiger partial charge is 0.444 e. The molecule has 12 nitrogen and oxygen atoms in total. The zero-order valence-electron chi connectivity index (χ0n) is 17.2. The SMILES string of the molecule is CC(C)(C)OC(=O)N[C@@H](CCCN=C(N)N(O)[N+](=O)[O-])C(=O)NCc1ccccc1. The van der Waals surface area contributed by atoms with Gasteiger partial charge in [-0.15, -0.1) is 0 Å². The van der Waals surface area contributed by atoms with Crippen molar-refractivity contribution in [3.05, 3.63) is 46.0 Å². The van der Waals surface area contributed by atoms with E-state index in [4.69, 9.17) is 15.7 Å². The van der Waals surface area contributed by atoms with Crippen molar-refractivity contribution in [3.63, 3.8) is 0 Å². The van der Waals surface area contributed by atoms with Crippen molar-refractivity contribution < 1.29 is 24.6 Å². The number of hydrogen-bond acceptors (Lipinski definition) is 7. The zero-order chi connectivity index (χ0) is 22.7. The first-order valence-corrected chi connectivity index (χ1v) is 9.24. The number of hydrogen-bond donors (Lipinski definition) is 4. The molecule has 0 saturated heterocycles. The van der Waals surface area contributed by atoms with E-state index in [0.717, 1.165) is 5.56 Å². The molecule has 0 unspecified atom stereocenters. The van der Waals surface area contributed by atoms with Gasteiger partial charge in [0.15, 0.2) is 5.03 Å². The van der Waals surface area contributed by atoms with Crippen LogP contribution >= 0.6 is 0 Å². The Labute approximate surface area is 174 Å². The van der Waals surface area contributed by atoms with Crippen LogP contribution in [0.5, 0.6) is 0 Å². The van der Waals surface area contributed by atoms with Crippen LogP contribution in [0.2, 0.25) is 0 Å². The summed E-state index contributed by atoms with van der Waals surface area (Å²) in [5.41, 5.74) is 5.43. The van der Waals surface area contributed by atoms with Gasteiger partial charge in [-0.1, -0.05) is 30.3 Å². The standard InChI is InChI=1S/C18H28N6O6/c1-18(2,3)30-17(26)22-14(10-7-11-20-16(19)23(27)24(28)29)15(25)21-12-13-8-5-4-6-9-13/h4-6,8-9,14,27H,7,10-12H2,1-3H3,(H2,19,20)(H,21,25)(H,22,26)/t14-/m0/s1. The number of amides is 2. The monoisotopic (exact) mass is 424 g/mol. The minimum Gasteiger partial charge on any atom is -0.444 e. The Kier molecular flexibility index (Phi) is 9.49. The first-order chi connectivity index (χ1) is 14.0. The molecule has 0 bridgehead atoms. The van der Waals surface area contributed by atoms with E-state index >= 15 is 0 Å². The molecule has 0 fully saturated rings. The van der Waals surface area contributed by atoms with Crippen LogP contribution in [0.1, 0.15) is 39.2 Å². The van der Waals surface area contributed by atoms with Gasteiger partial charge in [0.1, 0.15) is 11.6 Å². The summed E-state index contributed by atoms with van der Waals surface area (Å²) in [4.78, 5) is 38.7. The molecule has 12 heteroatoms. The molecule has 1 rings (SSSR count). The summed E-state index contributed by atoms with van der Waals surface area (Å²) < 4.78 is 5.19. The number of ether oxygens (including phenoxy) is 1. The summed E-state index contributed by atoms with van der Waals surface area (Å²) >= 11 is 0. The van der Waals surface area contributed by atoms with Gasteiger partial charge in [-0.25, -0.2) is 25.1 Å². The van der Waals surface area contributed by atoms with Crippen LogP contribution < -0.4 is 16.4 Å². The zero-order valence-corrected chi connectivity index (χ0v) is 17.2. The third kappa shape index (κ3) is 9.68. The number of nitrogens with one attached hydrogen (secondary N) is 2. The normalized spacial score (nSPS) is 12.6. The number of benzene rings is 1. The average Bonchev–Trinajstić information content (AvgIpc) is 2.66. The Bertz CT molecular complexity index is 749. The Balaban J connectivity index is 2.69. The first kappa shape index (κ1) is 24.6. The van der Waals surface area contributed by atoms with E-state index in [1.807, 2.05) is 30.3 Å². The second kappa shape index (κ2) is 11.6. The number of alkyl carbamates (subject to hydrolysis) is 1. The van der Waals surface area contributed by atoms with Gasteiger partial charge in [-0.05, 0) is 39.2 Å². The highest BCUT2D eigenvalue weighted by atomic mass is 16.8. The number of hydrazine groups is 1. The highest BCUT2D eigenvalue weighted by Crippen LogP contribution is 2.08. The first-order valence-electron chi connectivity index (χ1n) is 9.24. The van der Waals surface area contributed by atoms with Crippen LogP contribution in [0.4, 0.5) is 4.79 Å². The van der Waals surface area contributed by atoms with Gasteiger partial charge in [-0.2, -0.15) is 0 Å². The number of guanidine groups is 1. The minimum absolute atomic E-state index is 0.00476. The van der Waals surface area contributed by atoms with E-state index < -0.39 is 39.8 Å². The summed E-state index contributed by atoms with van der Waals surface area (Å²) in [6.07, 6.45) is -0.327. The molecule has 1 aromatic rings. The average molecular weight is 424 g/mol. The minimum atomic E-state index is -1.14. The highest BCUT2D eigenvalue weighted by Gasteiger charge is 2.24. The number of nitro groups is 1. The van der Waals surface area contributed by atoms with Gasteiger partial charge in [0, 0.05) is 13.1 Å². The van der Waals surface area contributed by atoms with Crippen molar-refractivity contribution in [1.29, 1.82) is 0 Å². The van der Waals surface area contributed by atoms with Crippen molar-refractivity contribution in [2.75, 3.05) is 6.54 Å².